The van der Waals surface area contributed by atoms with Gasteiger partial charge in [0.25, 0.3) is 0 Å². The summed E-state index contributed by atoms with van der Waals surface area (Å²) in [5, 5.41) is 0. The molecule has 0 unspecified atom stereocenters. The molecule has 0 aromatic carbocycles. The molecular weight excluding hydrogens is 48.0 g/mol. The Balaban J connectivity index is 2.32. The molecule has 0 aromatic heterocycles. The smallest absolute Gasteiger partial charge is 0.0471 e. The van der Waals surface area contributed by atoms with E-state index in [4.69, 9.17) is 0 Å². The molecular formula is C4H9. The van der Waals surface area contributed by atoms with E-state index in [-0.39, 0.29) is 0 Å². The summed E-state index contributed by atoms with van der Waals surface area (Å²) in [7, 11) is 0. The molecule has 4 heavy (non-hydrogen) atoms. The van der Waals surface area contributed by atoms with E-state index in [1.165, 1.54) is 0 Å². The van der Waals surface area contributed by atoms with Gasteiger partial charge >= 0.3 is 0 Å². The van der Waals surface area contributed by atoms with Crippen molar-refractivity contribution in [3.05, 3.63) is 6.92 Å². The third kappa shape index (κ3) is 0. The topological polar surface area (TPSA) is 0 Å². The van der Waals surface area contributed by atoms with Crippen molar-refractivity contribution in [1.29, 1.82) is 0 Å². The first-order valence-corrected chi connectivity index (χ1v) is 1.56. The van der Waals surface area contributed by atoms with Gasteiger partial charge in [-0.05, 0) is 5.92 Å². The summed E-state index contributed by atoms with van der Waals surface area (Å²) in [6, 6.07) is 0. The average molecular weight is 57.1 g/mol. The Kier molecular flexibility index (Phi) is 1.33. The Hall–Kier alpha value is 0. The maximum atomic E-state index is 3.64. The van der Waals surface area contributed by atoms with E-state index in [0.29, 0.717) is 5.92 Å². The van der Waals surface area contributed by atoms with Crippen LogP contribution in [0.1, 0.15) is 13.8 Å². The molecule has 0 bridgehead atoms. The van der Waals surface area contributed by atoms with Crippen LogP contribution >= 0.6 is 0 Å². The molecule has 0 aliphatic carbocycles. The third-order valence-electron chi connectivity index (χ3n) is 0. The Morgan fingerprint density at radius 2 is 1.50 bits per heavy atom. The largest absolute Gasteiger partial charge is 0.0628 e. The highest BCUT2D eigenvalue weighted by molar-refractivity contribution is 4.38. The molecule has 1 radical (unpaired) electrons. The molecule has 0 saturated heterocycles. The summed E-state index contributed by atoms with van der Waals surface area (Å²) in [5.74, 6) is 0.583. The van der Waals surface area contributed by atoms with Crippen LogP contribution in [0, 0.1) is 12.8 Å². The molecule has 0 spiro atoms. The van der Waals surface area contributed by atoms with Crippen LogP contribution in [0.15, 0.2) is 0 Å². The normalized spacial score (nSPS) is 9.00. The van der Waals surface area contributed by atoms with E-state index < -0.39 is 0 Å². The summed E-state index contributed by atoms with van der Waals surface area (Å²) in [5.41, 5.74) is 0. The van der Waals surface area contributed by atoms with E-state index in [1.54, 1.807) is 0 Å². The zero-order valence-corrected chi connectivity index (χ0v) is 3.28. The van der Waals surface area contributed by atoms with E-state index >= 15 is 0 Å². The van der Waals surface area contributed by atoms with Gasteiger partial charge in [0.15, 0.2) is 0 Å². The van der Waals surface area contributed by atoms with Gasteiger partial charge in [-0.2, -0.15) is 0 Å². The quantitative estimate of drug-likeness (QED) is 0.395. The monoisotopic (exact) mass is 57.1 g/mol. The molecule has 0 aliphatic rings. The van der Waals surface area contributed by atoms with Gasteiger partial charge in [0.2, 0.25) is 0 Å². The molecule has 25 valence electrons. The zero-order valence-electron chi connectivity index (χ0n) is 3.28. The van der Waals surface area contributed by atoms with Gasteiger partial charge in [0, 0.05) is 0 Å². The van der Waals surface area contributed by atoms with Gasteiger partial charge in [-0.25, -0.2) is 0 Å². The molecule has 0 fully saturated rings. The maximum Gasteiger partial charge on any atom is -0.0471 e. The standard InChI is InChI=1S/C4H9/c1-4(2)3/h4H,1H2,2-3H3. The minimum Gasteiger partial charge on any atom is -0.0628 e. The van der Waals surface area contributed by atoms with Crippen molar-refractivity contribution in [3.63, 3.8) is 0 Å². The second-order valence-electron chi connectivity index (χ2n) is 1.39. The van der Waals surface area contributed by atoms with Crippen molar-refractivity contribution < 1.29 is 0 Å². The summed E-state index contributed by atoms with van der Waals surface area (Å²) >= 11 is 0. The highest BCUT2D eigenvalue weighted by Gasteiger charge is 1.68. The second kappa shape index (κ2) is 1.33. The fourth-order valence-electron chi connectivity index (χ4n) is 0. The van der Waals surface area contributed by atoms with E-state index in [1.807, 2.05) is 0 Å². The Morgan fingerprint density at radius 3 is 1.50 bits per heavy atom. The molecule has 0 heterocycles. The summed E-state index contributed by atoms with van der Waals surface area (Å²) in [6.45, 7) is 7.75. The fourth-order valence-corrected chi connectivity index (χ4v) is 0. The predicted molar refractivity (Wildman–Crippen MR) is 20.2 cm³/mol. The first-order chi connectivity index (χ1) is 1.73. The maximum absolute atomic E-state index is 3.64. The summed E-state index contributed by atoms with van der Waals surface area (Å²) in [6.07, 6.45) is 0. The van der Waals surface area contributed by atoms with Crippen molar-refractivity contribution in [2.24, 2.45) is 5.92 Å². The minimum absolute atomic E-state index is 0.583. The van der Waals surface area contributed by atoms with Gasteiger partial charge in [0.05, 0.1) is 0 Å². The SMILES string of the molecule is [CH2]C(C)C. The lowest BCUT2D eigenvalue weighted by molar-refractivity contribution is 0.827. The van der Waals surface area contributed by atoms with Crippen LogP contribution in [0.4, 0.5) is 0 Å². The molecule has 0 aliphatic heterocycles. The zero-order chi connectivity index (χ0) is 3.58. The fraction of sp³-hybridized carbons (Fsp3) is 0.750. The molecule has 0 amide bonds. The lowest BCUT2D eigenvalue weighted by Crippen LogP contribution is -1.67. The predicted octanol–water partition coefficient (Wildman–Crippen LogP) is 1.48. The first-order valence-electron chi connectivity index (χ1n) is 1.56. The van der Waals surface area contributed by atoms with E-state index in [2.05, 4.69) is 20.8 Å². The van der Waals surface area contributed by atoms with Crippen LogP contribution in [0.5, 0.6) is 0 Å². The Morgan fingerprint density at radius 1 is 1.50 bits per heavy atom. The average Bonchev–Trinajstić information content (AvgIpc) is 0.811. The molecule has 0 nitrogen and oxygen atoms in total. The highest BCUT2D eigenvalue weighted by Crippen LogP contribution is 1.80. The molecule has 0 aromatic rings. The molecule has 0 heteroatoms. The molecule has 0 N–H and O–H groups in total. The number of rotatable bonds is 0. The third-order valence-corrected chi connectivity index (χ3v) is 0. The van der Waals surface area contributed by atoms with Crippen molar-refractivity contribution in [2.75, 3.05) is 0 Å². The molecule has 0 atom stereocenters. The van der Waals surface area contributed by atoms with Crippen molar-refractivity contribution >= 4 is 0 Å². The highest BCUT2D eigenvalue weighted by atomic mass is 13.7. The minimum atomic E-state index is 0.583. The summed E-state index contributed by atoms with van der Waals surface area (Å²) in [4.78, 5) is 0. The van der Waals surface area contributed by atoms with Gasteiger partial charge in [-0.1, -0.05) is 20.8 Å². The van der Waals surface area contributed by atoms with Crippen molar-refractivity contribution in [1.82, 2.24) is 0 Å². The lowest BCUT2D eigenvalue weighted by atomic mass is 10.3. The van der Waals surface area contributed by atoms with Gasteiger partial charge < -0.3 is 0 Å². The summed E-state index contributed by atoms with van der Waals surface area (Å²) < 4.78 is 0. The number of hydrogen-bond donors (Lipinski definition) is 0. The Labute approximate surface area is 27.8 Å². The van der Waals surface area contributed by atoms with Crippen LogP contribution in [-0.4, -0.2) is 0 Å². The van der Waals surface area contributed by atoms with Crippen LogP contribution in [0.3, 0.4) is 0 Å². The van der Waals surface area contributed by atoms with Crippen LogP contribution in [0.2, 0.25) is 0 Å². The van der Waals surface area contributed by atoms with E-state index in [9.17, 15) is 0 Å². The Bertz CT molecular complexity index is 4.75. The second-order valence-corrected chi connectivity index (χ2v) is 1.39. The van der Waals surface area contributed by atoms with Crippen LogP contribution in [-0.2, 0) is 0 Å². The van der Waals surface area contributed by atoms with Crippen LogP contribution < -0.4 is 0 Å². The molecule has 0 rings (SSSR count). The van der Waals surface area contributed by atoms with Gasteiger partial charge in [-0.15, -0.1) is 0 Å². The van der Waals surface area contributed by atoms with Gasteiger partial charge in [0.1, 0.15) is 0 Å². The van der Waals surface area contributed by atoms with Crippen molar-refractivity contribution in [3.8, 4) is 0 Å². The van der Waals surface area contributed by atoms with Crippen LogP contribution in [0.25, 0.3) is 0 Å². The van der Waals surface area contributed by atoms with Crippen molar-refractivity contribution in [2.45, 2.75) is 13.8 Å². The molecule has 0 saturated carbocycles. The first kappa shape index (κ1) is 4.00. The lowest BCUT2D eigenvalue weighted by Gasteiger charge is -1.78. The van der Waals surface area contributed by atoms with Gasteiger partial charge in [-0.3, -0.25) is 0 Å². The van der Waals surface area contributed by atoms with E-state index in [0.717, 1.165) is 0 Å². The number of hydrogen-bond acceptors (Lipinski definition) is 0.